The van der Waals surface area contributed by atoms with Crippen molar-refractivity contribution in [3.8, 4) is 0 Å². The monoisotopic (exact) mass is 247 g/mol. The SMILES string of the molecule is CC(C)CNCCSCCCOC(C)(C)C. The number of hydrogen-bond donors (Lipinski definition) is 1. The van der Waals surface area contributed by atoms with Crippen molar-refractivity contribution in [2.24, 2.45) is 5.92 Å². The summed E-state index contributed by atoms with van der Waals surface area (Å²) in [5.41, 5.74) is 0.0173. The zero-order valence-corrected chi connectivity index (χ0v) is 12.5. The molecule has 0 spiro atoms. The molecule has 0 unspecified atom stereocenters. The van der Waals surface area contributed by atoms with E-state index >= 15 is 0 Å². The summed E-state index contributed by atoms with van der Waals surface area (Å²) in [5.74, 6) is 3.17. The molecule has 16 heavy (non-hydrogen) atoms. The van der Waals surface area contributed by atoms with E-state index in [1.54, 1.807) is 0 Å². The molecule has 0 radical (unpaired) electrons. The summed E-state index contributed by atoms with van der Waals surface area (Å²) >= 11 is 2.01. The van der Waals surface area contributed by atoms with E-state index in [2.05, 4.69) is 39.9 Å². The highest BCUT2D eigenvalue weighted by atomic mass is 32.2. The molecule has 0 atom stereocenters. The van der Waals surface area contributed by atoms with Gasteiger partial charge in [-0.15, -0.1) is 0 Å². The summed E-state index contributed by atoms with van der Waals surface area (Å²) in [7, 11) is 0. The van der Waals surface area contributed by atoms with Gasteiger partial charge in [0.05, 0.1) is 5.60 Å². The molecule has 0 bridgehead atoms. The summed E-state index contributed by atoms with van der Waals surface area (Å²) in [6, 6.07) is 0. The van der Waals surface area contributed by atoms with E-state index in [9.17, 15) is 0 Å². The van der Waals surface area contributed by atoms with Gasteiger partial charge in [-0.2, -0.15) is 11.8 Å². The van der Waals surface area contributed by atoms with Crippen LogP contribution >= 0.6 is 11.8 Å². The normalized spacial score (nSPS) is 12.4. The predicted octanol–water partition coefficient (Wildman–Crippen LogP) is 3.17. The molecule has 0 aliphatic heterocycles. The number of thioether (sulfide) groups is 1. The van der Waals surface area contributed by atoms with E-state index in [1.807, 2.05) is 11.8 Å². The Hall–Kier alpha value is 0.270. The zero-order chi connectivity index (χ0) is 12.4. The molecule has 0 aliphatic rings. The van der Waals surface area contributed by atoms with E-state index in [-0.39, 0.29) is 5.60 Å². The minimum absolute atomic E-state index is 0.0173. The van der Waals surface area contributed by atoms with Gasteiger partial charge >= 0.3 is 0 Å². The average molecular weight is 247 g/mol. The largest absolute Gasteiger partial charge is 0.376 e. The Labute approximate surface area is 106 Å². The summed E-state index contributed by atoms with van der Waals surface area (Å²) < 4.78 is 5.66. The van der Waals surface area contributed by atoms with Gasteiger partial charge in [0.15, 0.2) is 0 Å². The minimum atomic E-state index is 0.0173. The van der Waals surface area contributed by atoms with Crippen LogP contribution in [0.25, 0.3) is 0 Å². The van der Waals surface area contributed by atoms with E-state index in [0.29, 0.717) is 0 Å². The fourth-order valence-corrected chi connectivity index (χ4v) is 1.99. The fourth-order valence-electron chi connectivity index (χ4n) is 1.18. The van der Waals surface area contributed by atoms with Crippen LogP contribution in [-0.4, -0.2) is 36.8 Å². The summed E-state index contributed by atoms with van der Waals surface area (Å²) in [6.45, 7) is 13.9. The Bertz CT molecular complexity index is 155. The molecule has 98 valence electrons. The molecule has 0 saturated carbocycles. The van der Waals surface area contributed by atoms with Crippen molar-refractivity contribution in [1.29, 1.82) is 0 Å². The van der Waals surface area contributed by atoms with E-state index in [1.165, 1.54) is 11.5 Å². The minimum Gasteiger partial charge on any atom is -0.376 e. The first-order valence-corrected chi connectivity index (χ1v) is 7.49. The quantitative estimate of drug-likeness (QED) is 0.632. The molecule has 0 aromatic carbocycles. The van der Waals surface area contributed by atoms with E-state index < -0.39 is 0 Å². The molecule has 0 aromatic rings. The Morgan fingerprint density at radius 1 is 1.19 bits per heavy atom. The van der Waals surface area contributed by atoms with Gasteiger partial charge in [-0.3, -0.25) is 0 Å². The Morgan fingerprint density at radius 2 is 1.88 bits per heavy atom. The van der Waals surface area contributed by atoms with Crippen molar-refractivity contribution < 1.29 is 4.74 Å². The molecular weight excluding hydrogens is 218 g/mol. The van der Waals surface area contributed by atoms with Gasteiger partial charge in [0.2, 0.25) is 0 Å². The average Bonchev–Trinajstić information content (AvgIpc) is 2.13. The number of hydrogen-bond acceptors (Lipinski definition) is 3. The van der Waals surface area contributed by atoms with Crippen molar-refractivity contribution >= 4 is 11.8 Å². The second-order valence-electron chi connectivity index (χ2n) is 5.52. The highest BCUT2D eigenvalue weighted by molar-refractivity contribution is 7.99. The second-order valence-corrected chi connectivity index (χ2v) is 6.75. The van der Waals surface area contributed by atoms with Gasteiger partial charge in [-0.05, 0) is 45.4 Å². The molecule has 0 fully saturated rings. The highest BCUT2D eigenvalue weighted by Crippen LogP contribution is 2.08. The van der Waals surface area contributed by atoms with Crippen LogP contribution in [0.5, 0.6) is 0 Å². The van der Waals surface area contributed by atoms with Crippen molar-refractivity contribution in [2.75, 3.05) is 31.2 Å². The third-order valence-electron chi connectivity index (χ3n) is 1.94. The maximum Gasteiger partial charge on any atom is 0.0598 e. The number of ether oxygens (including phenoxy) is 1. The van der Waals surface area contributed by atoms with Crippen LogP contribution in [0.4, 0.5) is 0 Å². The van der Waals surface area contributed by atoms with Crippen molar-refractivity contribution in [3.05, 3.63) is 0 Å². The lowest BCUT2D eigenvalue weighted by Gasteiger charge is -2.19. The van der Waals surface area contributed by atoms with Gasteiger partial charge in [-0.1, -0.05) is 13.8 Å². The van der Waals surface area contributed by atoms with Crippen LogP contribution in [0.1, 0.15) is 41.0 Å². The second kappa shape index (κ2) is 9.32. The first-order valence-electron chi connectivity index (χ1n) is 6.34. The van der Waals surface area contributed by atoms with Crippen LogP contribution in [0.3, 0.4) is 0 Å². The van der Waals surface area contributed by atoms with Gasteiger partial charge in [0.1, 0.15) is 0 Å². The maximum absolute atomic E-state index is 5.66. The van der Waals surface area contributed by atoms with Crippen molar-refractivity contribution in [2.45, 2.75) is 46.6 Å². The lowest BCUT2D eigenvalue weighted by molar-refractivity contribution is -0.00196. The molecule has 0 aliphatic carbocycles. The van der Waals surface area contributed by atoms with Crippen LogP contribution in [-0.2, 0) is 4.74 Å². The summed E-state index contributed by atoms with van der Waals surface area (Å²) in [5, 5.41) is 3.45. The zero-order valence-electron chi connectivity index (χ0n) is 11.6. The third kappa shape index (κ3) is 14.3. The molecule has 0 rings (SSSR count). The smallest absolute Gasteiger partial charge is 0.0598 e. The first-order chi connectivity index (χ1) is 7.42. The fraction of sp³-hybridized carbons (Fsp3) is 1.00. The lowest BCUT2D eigenvalue weighted by Crippen LogP contribution is -2.22. The van der Waals surface area contributed by atoms with E-state index in [4.69, 9.17) is 4.74 Å². The standard InChI is InChI=1S/C13H29NOS/c1-12(2)11-14-7-10-16-9-6-8-15-13(3,4)5/h12,14H,6-11H2,1-5H3. The first kappa shape index (κ1) is 16.3. The number of rotatable bonds is 9. The molecule has 0 aromatic heterocycles. The summed E-state index contributed by atoms with van der Waals surface area (Å²) in [6.07, 6.45) is 1.16. The molecular formula is C13H29NOS. The van der Waals surface area contributed by atoms with E-state index in [0.717, 1.165) is 32.0 Å². The molecule has 0 saturated heterocycles. The van der Waals surface area contributed by atoms with Gasteiger partial charge in [0, 0.05) is 18.9 Å². The molecule has 1 N–H and O–H groups in total. The summed E-state index contributed by atoms with van der Waals surface area (Å²) in [4.78, 5) is 0. The number of nitrogens with one attached hydrogen (secondary N) is 1. The van der Waals surface area contributed by atoms with Gasteiger partial charge in [0.25, 0.3) is 0 Å². The molecule has 3 heteroatoms. The maximum atomic E-state index is 5.66. The van der Waals surface area contributed by atoms with Gasteiger partial charge in [-0.25, -0.2) is 0 Å². The highest BCUT2D eigenvalue weighted by Gasteiger charge is 2.08. The topological polar surface area (TPSA) is 21.3 Å². The van der Waals surface area contributed by atoms with Crippen LogP contribution in [0.15, 0.2) is 0 Å². The Balaban J connectivity index is 3.05. The van der Waals surface area contributed by atoms with Crippen LogP contribution < -0.4 is 5.32 Å². The Kier molecular flexibility index (Phi) is 9.47. The Morgan fingerprint density at radius 3 is 2.44 bits per heavy atom. The molecule has 2 nitrogen and oxygen atoms in total. The van der Waals surface area contributed by atoms with Crippen molar-refractivity contribution in [1.82, 2.24) is 5.32 Å². The van der Waals surface area contributed by atoms with Crippen LogP contribution in [0, 0.1) is 5.92 Å². The molecule has 0 heterocycles. The lowest BCUT2D eigenvalue weighted by atomic mass is 10.2. The van der Waals surface area contributed by atoms with Crippen molar-refractivity contribution in [3.63, 3.8) is 0 Å². The van der Waals surface area contributed by atoms with Gasteiger partial charge < -0.3 is 10.1 Å². The predicted molar refractivity (Wildman–Crippen MR) is 75.4 cm³/mol. The third-order valence-corrected chi connectivity index (χ3v) is 3.01. The molecule has 0 amide bonds. The van der Waals surface area contributed by atoms with Crippen LogP contribution in [0.2, 0.25) is 0 Å².